The van der Waals surface area contributed by atoms with Crippen molar-refractivity contribution in [3.8, 4) is 6.07 Å². The maximum atomic E-state index is 11.0. The molecule has 1 N–H and O–H groups in total. The van der Waals surface area contributed by atoms with Crippen LogP contribution in [0.25, 0.3) is 0 Å². The number of aryl methyl sites for hydroxylation is 1. The third-order valence-corrected chi connectivity index (χ3v) is 3.09. The van der Waals surface area contributed by atoms with Crippen LogP contribution in [-0.4, -0.2) is 19.2 Å². The van der Waals surface area contributed by atoms with Gasteiger partial charge in [-0.1, -0.05) is 0 Å². The van der Waals surface area contributed by atoms with Gasteiger partial charge in [-0.3, -0.25) is 4.72 Å². The van der Waals surface area contributed by atoms with E-state index in [9.17, 15) is 8.42 Å². The Labute approximate surface area is 80.1 Å². The van der Waals surface area contributed by atoms with Crippen LogP contribution in [0.4, 0.5) is 5.13 Å². The van der Waals surface area contributed by atoms with E-state index >= 15 is 0 Å². The molecule has 1 heterocycles. The average molecular weight is 217 g/mol. The second-order valence-corrected chi connectivity index (χ2v) is 5.25. The molecule has 1 aromatic rings. The van der Waals surface area contributed by atoms with E-state index in [1.165, 1.54) is 11.3 Å². The zero-order valence-electron chi connectivity index (χ0n) is 6.81. The van der Waals surface area contributed by atoms with Crippen LogP contribution in [0.5, 0.6) is 0 Å². The minimum atomic E-state index is -3.53. The van der Waals surface area contributed by atoms with Crippen LogP contribution in [0.2, 0.25) is 0 Å². The monoisotopic (exact) mass is 217 g/mol. The van der Waals surface area contributed by atoms with Crippen LogP contribution in [0.1, 0.15) is 4.88 Å². The second kappa shape index (κ2) is 3.72. The molecule has 0 unspecified atom stereocenters. The van der Waals surface area contributed by atoms with E-state index < -0.39 is 15.8 Å². The number of hydrogen-bond donors (Lipinski definition) is 1. The van der Waals surface area contributed by atoms with E-state index in [1.54, 1.807) is 12.3 Å². The fourth-order valence-electron chi connectivity index (χ4n) is 0.656. The number of sulfonamides is 1. The molecule has 70 valence electrons. The molecule has 13 heavy (non-hydrogen) atoms. The van der Waals surface area contributed by atoms with Crippen molar-refractivity contribution in [1.29, 1.82) is 5.26 Å². The lowest BCUT2D eigenvalue weighted by atomic mass is 10.7. The number of hydrogen-bond acceptors (Lipinski definition) is 5. The Morgan fingerprint density at radius 1 is 1.77 bits per heavy atom. The summed E-state index contributed by atoms with van der Waals surface area (Å²) in [5, 5.41) is 8.50. The number of nitrogens with zero attached hydrogens (tertiary/aromatic N) is 2. The zero-order chi connectivity index (χ0) is 9.90. The molecule has 0 radical (unpaired) electrons. The zero-order valence-corrected chi connectivity index (χ0v) is 8.44. The number of aromatic nitrogens is 1. The molecular formula is C6H7N3O2S2. The molecule has 0 aliphatic rings. The van der Waals surface area contributed by atoms with Crippen molar-refractivity contribution >= 4 is 26.5 Å². The minimum absolute atomic E-state index is 0.299. The molecular weight excluding hydrogens is 210 g/mol. The molecule has 0 spiro atoms. The van der Waals surface area contributed by atoms with Crippen molar-refractivity contribution in [2.45, 2.75) is 6.92 Å². The lowest BCUT2D eigenvalue weighted by Gasteiger charge is -1.98. The summed E-state index contributed by atoms with van der Waals surface area (Å²) in [6.45, 7) is 1.82. The van der Waals surface area contributed by atoms with Gasteiger partial charge in [0.1, 0.15) is 0 Å². The standard InChI is InChI=1S/C6H7N3O2S2/c1-5-4-8-6(12-5)9-13(10,11)3-2-7/h4H,3H2,1H3,(H,8,9). The Balaban J connectivity index is 2.76. The lowest BCUT2D eigenvalue weighted by Crippen LogP contribution is -2.15. The van der Waals surface area contributed by atoms with Crippen LogP contribution in [0, 0.1) is 18.3 Å². The van der Waals surface area contributed by atoms with Crippen LogP contribution >= 0.6 is 11.3 Å². The summed E-state index contributed by atoms with van der Waals surface area (Å²) in [5.41, 5.74) is 0. The van der Waals surface area contributed by atoms with Crippen LogP contribution in [0.15, 0.2) is 6.20 Å². The Kier molecular flexibility index (Phi) is 2.85. The fourth-order valence-corrected chi connectivity index (χ4v) is 2.28. The summed E-state index contributed by atoms with van der Waals surface area (Å²) < 4.78 is 24.3. The lowest BCUT2D eigenvalue weighted by molar-refractivity contribution is 0.604. The summed E-state index contributed by atoms with van der Waals surface area (Å²) >= 11 is 1.23. The summed E-state index contributed by atoms with van der Waals surface area (Å²) in [6, 6.07) is 1.56. The Morgan fingerprint density at radius 3 is 2.92 bits per heavy atom. The molecule has 0 saturated carbocycles. The largest absolute Gasteiger partial charge is 0.258 e. The van der Waals surface area contributed by atoms with Gasteiger partial charge in [-0.15, -0.1) is 11.3 Å². The molecule has 0 aromatic carbocycles. The Hall–Kier alpha value is -1.13. The molecule has 1 rings (SSSR count). The molecule has 0 fully saturated rings. The number of nitriles is 1. The predicted octanol–water partition coefficient (Wildman–Crippen LogP) is 0.717. The van der Waals surface area contributed by atoms with Crippen molar-refractivity contribution in [3.05, 3.63) is 11.1 Å². The highest BCUT2D eigenvalue weighted by atomic mass is 32.2. The summed E-state index contributed by atoms with van der Waals surface area (Å²) in [4.78, 5) is 4.71. The fraction of sp³-hybridized carbons (Fsp3) is 0.333. The van der Waals surface area contributed by atoms with Gasteiger partial charge in [0.2, 0.25) is 10.0 Å². The summed E-state index contributed by atoms with van der Waals surface area (Å²) in [5.74, 6) is -0.550. The highest BCUT2D eigenvalue weighted by Gasteiger charge is 2.11. The van der Waals surface area contributed by atoms with Gasteiger partial charge in [0.05, 0.1) is 6.07 Å². The van der Waals surface area contributed by atoms with Gasteiger partial charge in [-0.05, 0) is 6.92 Å². The van der Waals surface area contributed by atoms with Crippen LogP contribution < -0.4 is 4.72 Å². The summed E-state index contributed by atoms with van der Waals surface area (Å²) in [7, 11) is -3.53. The van der Waals surface area contributed by atoms with E-state index in [0.717, 1.165) is 4.88 Å². The maximum Gasteiger partial charge on any atom is 0.247 e. The van der Waals surface area contributed by atoms with Crippen LogP contribution in [-0.2, 0) is 10.0 Å². The van der Waals surface area contributed by atoms with E-state index in [1.807, 2.05) is 6.92 Å². The number of nitrogens with one attached hydrogen (secondary N) is 1. The van der Waals surface area contributed by atoms with Gasteiger partial charge >= 0.3 is 0 Å². The molecule has 1 aromatic heterocycles. The Bertz CT molecular complexity index is 429. The number of anilines is 1. The number of thiazole rings is 1. The smallest absolute Gasteiger partial charge is 0.247 e. The molecule has 5 nitrogen and oxygen atoms in total. The van der Waals surface area contributed by atoms with Gasteiger partial charge in [0.15, 0.2) is 10.9 Å². The van der Waals surface area contributed by atoms with Crippen molar-refractivity contribution in [1.82, 2.24) is 4.98 Å². The van der Waals surface area contributed by atoms with Crippen molar-refractivity contribution in [3.63, 3.8) is 0 Å². The van der Waals surface area contributed by atoms with Gasteiger partial charge in [-0.2, -0.15) is 5.26 Å². The van der Waals surface area contributed by atoms with E-state index in [4.69, 9.17) is 5.26 Å². The Morgan fingerprint density at radius 2 is 2.46 bits per heavy atom. The first kappa shape index (κ1) is 9.95. The highest BCUT2D eigenvalue weighted by Crippen LogP contribution is 2.17. The van der Waals surface area contributed by atoms with E-state index in [0.29, 0.717) is 5.13 Å². The number of rotatable bonds is 3. The van der Waals surface area contributed by atoms with Gasteiger partial charge in [-0.25, -0.2) is 13.4 Å². The average Bonchev–Trinajstić information content (AvgIpc) is 2.34. The predicted molar refractivity (Wildman–Crippen MR) is 49.9 cm³/mol. The van der Waals surface area contributed by atoms with Crippen LogP contribution in [0.3, 0.4) is 0 Å². The van der Waals surface area contributed by atoms with Gasteiger partial charge in [0, 0.05) is 11.1 Å². The first-order valence-corrected chi connectivity index (χ1v) is 5.80. The third-order valence-electron chi connectivity index (χ3n) is 1.12. The molecule has 0 aliphatic carbocycles. The highest BCUT2D eigenvalue weighted by molar-refractivity contribution is 7.93. The minimum Gasteiger partial charge on any atom is -0.258 e. The first-order valence-electron chi connectivity index (χ1n) is 3.33. The second-order valence-electron chi connectivity index (χ2n) is 2.30. The molecule has 0 amide bonds. The molecule has 0 atom stereocenters. The SMILES string of the molecule is Cc1cnc(NS(=O)(=O)CC#N)s1. The molecule has 0 bridgehead atoms. The summed E-state index contributed by atoms with van der Waals surface area (Å²) in [6.07, 6.45) is 1.56. The van der Waals surface area contributed by atoms with E-state index in [2.05, 4.69) is 9.71 Å². The van der Waals surface area contributed by atoms with E-state index in [-0.39, 0.29) is 0 Å². The van der Waals surface area contributed by atoms with Gasteiger partial charge in [0.25, 0.3) is 0 Å². The molecule has 7 heteroatoms. The first-order chi connectivity index (χ1) is 6.03. The topological polar surface area (TPSA) is 82.8 Å². The molecule has 0 aliphatic heterocycles. The van der Waals surface area contributed by atoms with Crippen molar-refractivity contribution in [2.24, 2.45) is 0 Å². The van der Waals surface area contributed by atoms with Crippen molar-refractivity contribution < 1.29 is 8.42 Å². The maximum absolute atomic E-state index is 11.0. The quantitative estimate of drug-likeness (QED) is 0.808. The third kappa shape index (κ3) is 3.01. The van der Waals surface area contributed by atoms with Gasteiger partial charge < -0.3 is 0 Å². The molecule has 0 saturated heterocycles. The normalized spacial score (nSPS) is 10.8. The van der Waals surface area contributed by atoms with Crippen molar-refractivity contribution in [2.75, 3.05) is 10.5 Å².